The van der Waals surface area contributed by atoms with Gasteiger partial charge < -0.3 is 24.4 Å². The number of carbonyl (C=O) groups is 2. The molecule has 6 aliphatic rings. The van der Waals surface area contributed by atoms with Crippen molar-refractivity contribution in [3.63, 3.8) is 0 Å². The molecular formula is C34H54O7. The lowest BCUT2D eigenvalue weighted by Crippen LogP contribution is -2.68. The average molecular weight is 575 g/mol. The van der Waals surface area contributed by atoms with Gasteiger partial charge in [-0.25, -0.2) is 0 Å². The molecule has 7 nitrogen and oxygen atoms in total. The minimum absolute atomic E-state index is 0.0493. The van der Waals surface area contributed by atoms with Gasteiger partial charge >= 0.3 is 11.9 Å². The van der Waals surface area contributed by atoms with Crippen molar-refractivity contribution in [1.82, 2.24) is 0 Å². The van der Waals surface area contributed by atoms with Gasteiger partial charge in [-0.2, -0.15) is 0 Å². The molecule has 6 fully saturated rings. The van der Waals surface area contributed by atoms with E-state index in [1.165, 1.54) is 20.3 Å². The highest BCUT2D eigenvalue weighted by atomic mass is 16.6. The summed E-state index contributed by atoms with van der Waals surface area (Å²) in [7, 11) is 0. The van der Waals surface area contributed by atoms with Crippen molar-refractivity contribution in [2.24, 2.45) is 63.6 Å². The van der Waals surface area contributed by atoms with Gasteiger partial charge in [0.25, 0.3) is 0 Å². The molecule has 1 heterocycles. The van der Waals surface area contributed by atoms with Gasteiger partial charge in [0.1, 0.15) is 17.8 Å². The summed E-state index contributed by atoms with van der Waals surface area (Å²) >= 11 is 0. The maximum absolute atomic E-state index is 12.6. The second kappa shape index (κ2) is 9.41. The fourth-order valence-electron chi connectivity index (χ4n) is 12.1. The van der Waals surface area contributed by atoms with Crippen LogP contribution in [0.2, 0.25) is 0 Å². The molecule has 41 heavy (non-hydrogen) atoms. The molecule has 16 unspecified atom stereocenters. The Kier molecular flexibility index (Phi) is 6.86. The molecule has 1 spiro atoms. The van der Waals surface area contributed by atoms with Crippen LogP contribution >= 0.6 is 0 Å². The van der Waals surface area contributed by atoms with Crippen molar-refractivity contribution in [3.05, 3.63) is 0 Å². The lowest BCUT2D eigenvalue weighted by atomic mass is 9.42. The van der Waals surface area contributed by atoms with E-state index in [0.717, 1.165) is 12.8 Å². The predicted octanol–water partition coefficient (Wildman–Crippen LogP) is 5.15. The van der Waals surface area contributed by atoms with Gasteiger partial charge in [-0.1, -0.05) is 48.5 Å². The number of hydrogen-bond acceptors (Lipinski definition) is 7. The molecule has 0 aromatic heterocycles. The number of epoxide rings is 1. The van der Waals surface area contributed by atoms with E-state index in [0.29, 0.717) is 54.3 Å². The fraction of sp³-hybridized carbons (Fsp3) is 0.941. The minimum atomic E-state index is -0.764. The Labute approximate surface area is 246 Å². The molecule has 1 saturated heterocycles. The second-order valence-corrected chi connectivity index (χ2v) is 16.4. The number of ether oxygens (including phenoxy) is 3. The van der Waals surface area contributed by atoms with E-state index in [4.69, 9.17) is 14.2 Å². The Balaban J connectivity index is 1.40. The Hall–Kier alpha value is -1.18. The molecule has 0 radical (unpaired) electrons. The van der Waals surface area contributed by atoms with E-state index in [1.54, 1.807) is 0 Å². The number of carbonyl (C=O) groups excluding carboxylic acids is 2. The lowest BCUT2D eigenvalue weighted by molar-refractivity contribution is -0.224. The SMILES string of the molecule is CC(=O)OC1CC(C(C)C2CC2(C)C(C)C(C)C)C2(C)CC(OC(C)=O)C3C(CC4OC45CC(O)CC(O)C35C)C12. The molecule has 0 aromatic carbocycles. The van der Waals surface area contributed by atoms with Crippen molar-refractivity contribution < 1.29 is 34.0 Å². The van der Waals surface area contributed by atoms with Crippen molar-refractivity contribution in [2.45, 2.75) is 137 Å². The highest BCUT2D eigenvalue weighted by Crippen LogP contribution is 2.76. The zero-order valence-corrected chi connectivity index (χ0v) is 26.7. The Bertz CT molecular complexity index is 1090. The normalized spacial score (nSPS) is 54.6. The van der Waals surface area contributed by atoms with Crippen molar-refractivity contribution in [3.8, 4) is 0 Å². The zero-order chi connectivity index (χ0) is 30.0. The Morgan fingerprint density at radius 2 is 1.46 bits per heavy atom. The van der Waals surface area contributed by atoms with Crippen LogP contribution in [0.5, 0.6) is 0 Å². The van der Waals surface area contributed by atoms with Crippen LogP contribution in [0.3, 0.4) is 0 Å². The van der Waals surface area contributed by atoms with Gasteiger partial charge in [0.2, 0.25) is 0 Å². The second-order valence-electron chi connectivity index (χ2n) is 16.4. The predicted molar refractivity (Wildman–Crippen MR) is 153 cm³/mol. The van der Waals surface area contributed by atoms with E-state index in [-0.39, 0.29) is 53.4 Å². The summed E-state index contributed by atoms with van der Waals surface area (Å²) in [4.78, 5) is 25.1. The third kappa shape index (κ3) is 4.06. The summed E-state index contributed by atoms with van der Waals surface area (Å²) in [5, 5.41) is 22.3. The number of aliphatic hydroxyl groups is 2. The number of fused-ring (bicyclic) bond motifs is 4. The standard InChI is InChI=1S/C34H54O7/c1-16(2)18(4)31(7)14-24(31)17(3)23-12-25(39-19(5)35)29-22-11-28-34(41-28)13-21(37)10-27(38)33(34,9)30(22)26(40-20(6)36)15-32(23,29)8/h16-18,21-30,37-38H,10-15H2,1-9H3. The van der Waals surface area contributed by atoms with Gasteiger partial charge in [0.05, 0.1) is 18.3 Å². The molecule has 5 aliphatic carbocycles. The molecule has 232 valence electrons. The van der Waals surface area contributed by atoms with Gasteiger partial charge in [0.15, 0.2) is 0 Å². The molecule has 0 amide bonds. The number of hydrogen-bond donors (Lipinski definition) is 2. The summed E-state index contributed by atoms with van der Waals surface area (Å²) < 4.78 is 18.9. The van der Waals surface area contributed by atoms with E-state index in [2.05, 4.69) is 48.5 Å². The first-order valence-electron chi connectivity index (χ1n) is 16.4. The largest absolute Gasteiger partial charge is 0.462 e. The molecule has 6 rings (SSSR count). The van der Waals surface area contributed by atoms with Crippen LogP contribution < -0.4 is 0 Å². The van der Waals surface area contributed by atoms with Gasteiger partial charge in [0, 0.05) is 37.5 Å². The van der Waals surface area contributed by atoms with Crippen molar-refractivity contribution in [1.29, 1.82) is 0 Å². The Morgan fingerprint density at radius 3 is 2.07 bits per heavy atom. The monoisotopic (exact) mass is 574 g/mol. The smallest absolute Gasteiger partial charge is 0.302 e. The summed E-state index contributed by atoms with van der Waals surface area (Å²) in [6, 6.07) is 0. The topological polar surface area (TPSA) is 106 Å². The third-order valence-corrected chi connectivity index (χ3v) is 14.4. The van der Waals surface area contributed by atoms with E-state index in [9.17, 15) is 19.8 Å². The Morgan fingerprint density at radius 1 is 0.829 bits per heavy atom. The maximum atomic E-state index is 12.6. The lowest BCUT2D eigenvalue weighted by Gasteiger charge is -2.62. The minimum Gasteiger partial charge on any atom is -0.462 e. The quantitative estimate of drug-likeness (QED) is 0.334. The number of aliphatic hydroxyl groups excluding tert-OH is 2. The summed E-state index contributed by atoms with van der Waals surface area (Å²) in [5.41, 5.74) is -1.12. The van der Waals surface area contributed by atoms with Gasteiger partial charge in [-0.15, -0.1) is 0 Å². The van der Waals surface area contributed by atoms with Crippen LogP contribution in [-0.2, 0) is 23.8 Å². The number of esters is 2. The van der Waals surface area contributed by atoms with Gasteiger partial charge in [-0.3, -0.25) is 9.59 Å². The average Bonchev–Trinajstić information content (AvgIpc) is 3.71. The first-order chi connectivity index (χ1) is 19.0. The van der Waals surface area contributed by atoms with Crippen LogP contribution in [0.25, 0.3) is 0 Å². The van der Waals surface area contributed by atoms with Crippen LogP contribution in [0.4, 0.5) is 0 Å². The molecule has 1 aliphatic heterocycles. The summed E-state index contributed by atoms with van der Waals surface area (Å²) in [6.45, 7) is 19.4. The molecule has 0 bridgehead atoms. The first kappa shape index (κ1) is 29.9. The number of rotatable bonds is 6. The molecule has 16 atom stereocenters. The van der Waals surface area contributed by atoms with E-state index in [1.807, 2.05) is 0 Å². The molecule has 0 aromatic rings. The van der Waals surface area contributed by atoms with E-state index >= 15 is 0 Å². The molecule has 5 saturated carbocycles. The highest BCUT2D eigenvalue weighted by Gasteiger charge is 2.81. The third-order valence-electron chi connectivity index (χ3n) is 14.4. The zero-order valence-electron chi connectivity index (χ0n) is 26.7. The summed E-state index contributed by atoms with van der Waals surface area (Å²) in [6.07, 6.45) is 2.35. The van der Waals surface area contributed by atoms with Crippen molar-refractivity contribution in [2.75, 3.05) is 0 Å². The van der Waals surface area contributed by atoms with Crippen molar-refractivity contribution >= 4 is 11.9 Å². The summed E-state index contributed by atoms with van der Waals surface area (Å²) in [5.74, 6) is 2.18. The van der Waals surface area contributed by atoms with E-state index < -0.39 is 23.2 Å². The van der Waals surface area contributed by atoms with Crippen LogP contribution in [0.15, 0.2) is 0 Å². The highest BCUT2D eigenvalue weighted by molar-refractivity contribution is 5.66. The molecule has 7 heteroatoms. The fourth-order valence-corrected chi connectivity index (χ4v) is 12.1. The van der Waals surface area contributed by atoms with Gasteiger partial charge in [-0.05, 0) is 78.4 Å². The van der Waals surface area contributed by atoms with Crippen LogP contribution in [0.1, 0.15) is 101 Å². The first-order valence-corrected chi connectivity index (χ1v) is 16.4. The maximum Gasteiger partial charge on any atom is 0.302 e. The molecule has 2 N–H and O–H groups in total. The van der Waals surface area contributed by atoms with Crippen LogP contribution in [-0.4, -0.2) is 58.3 Å². The van der Waals surface area contributed by atoms with Crippen LogP contribution in [0, 0.1) is 63.6 Å². The molecular weight excluding hydrogens is 520 g/mol.